The number of hydrogen-bond acceptors (Lipinski definition) is 4. The van der Waals surface area contributed by atoms with Crippen LogP contribution in [0.5, 0.6) is 0 Å². The Kier molecular flexibility index (Phi) is 3.97. The highest BCUT2D eigenvalue weighted by Gasteiger charge is 2.17. The van der Waals surface area contributed by atoms with E-state index in [0.717, 1.165) is 11.7 Å². The Morgan fingerprint density at radius 2 is 1.86 bits per heavy atom. The van der Waals surface area contributed by atoms with Gasteiger partial charge in [0, 0.05) is 5.56 Å². The molecule has 0 aliphatic heterocycles. The third-order valence-electron chi connectivity index (χ3n) is 3.18. The van der Waals surface area contributed by atoms with Gasteiger partial charge in [0.05, 0.1) is 33.5 Å². The quantitative estimate of drug-likeness (QED) is 0.701. The van der Waals surface area contributed by atoms with E-state index in [1.54, 1.807) is 24.3 Å². The highest BCUT2D eigenvalue weighted by Crippen LogP contribution is 2.37. The number of anilines is 1. The van der Waals surface area contributed by atoms with E-state index in [2.05, 4.69) is 14.1 Å². The van der Waals surface area contributed by atoms with Gasteiger partial charge in [0.1, 0.15) is 16.9 Å². The van der Waals surface area contributed by atoms with Crippen molar-refractivity contribution >= 4 is 51.7 Å². The van der Waals surface area contributed by atoms with Crippen molar-refractivity contribution in [1.29, 1.82) is 0 Å². The predicted molar refractivity (Wildman–Crippen MR) is 85.9 cm³/mol. The summed E-state index contributed by atoms with van der Waals surface area (Å²) in [5, 5.41) is 4.08. The molecule has 0 aliphatic rings. The van der Waals surface area contributed by atoms with E-state index in [9.17, 15) is 4.39 Å². The fourth-order valence-electron chi connectivity index (χ4n) is 2.13. The lowest BCUT2D eigenvalue weighted by molar-refractivity contribution is 0.600. The molecule has 1 heterocycles. The minimum Gasteiger partial charge on any atom is -0.375 e. The molecule has 0 amide bonds. The fourth-order valence-corrected chi connectivity index (χ4v) is 3.30. The molecule has 1 aromatic heterocycles. The average molecular weight is 342 g/mol. The molecular weight excluding hydrogens is 332 g/mol. The Labute approximate surface area is 135 Å². The summed E-state index contributed by atoms with van der Waals surface area (Å²) >= 11 is 13.4. The van der Waals surface area contributed by atoms with Crippen molar-refractivity contribution in [3.8, 4) is 0 Å². The maximum Gasteiger partial charge on any atom is 0.130 e. The van der Waals surface area contributed by atoms with E-state index in [4.69, 9.17) is 23.2 Å². The SMILES string of the molecule is CC(Nc1c(Cl)cc(Cl)c2nsnc12)c1ccccc1F. The van der Waals surface area contributed by atoms with E-state index in [1.807, 2.05) is 6.92 Å². The smallest absolute Gasteiger partial charge is 0.130 e. The second-order valence-corrected chi connectivity index (χ2v) is 5.91. The summed E-state index contributed by atoms with van der Waals surface area (Å²) in [6, 6.07) is 7.95. The Balaban J connectivity index is 2.02. The molecule has 0 bridgehead atoms. The molecule has 0 spiro atoms. The second kappa shape index (κ2) is 5.75. The van der Waals surface area contributed by atoms with Gasteiger partial charge in [-0.05, 0) is 19.1 Å². The zero-order chi connectivity index (χ0) is 15.0. The van der Waals surface area contributed by atoms with Crippen molar-refractivity contribution in [2.45, 2.75) is 13.0 Å². The van der Waals surface area contributed by atoms with Crippen LogP contribution >= 0.6 is 34.9 Å². The number of rotatable bonds is 3. The lowest BCUT2D eigenvalue weighted by atomic mass is 10.1. The first-order valence-corrected chi connectivity index (χ1v) is 7.67. The first-order chi connectivity index (χ1) is 10.1. The minimum absolute atomic E-state index is 0.268. The molecule has 0 saturated carbocycles. The van der Waals surface area contributed by atoms with Gasteiger partial charge >= 0.3 is 0 Å². The van der Waals surface area contributed by atoms with E-state index in [1.165, 1.54) is 6.07 Å². The van der Waals surface area contributed by atoms with Gasteiger partial charge in [0.15, 0.2) is 0 Å². The van der Waals surface area contributed by atoms with Crippen LogP contribution in [0.2, 0.25) is 10.0 Å². The van der Waals surface area contributed by atoms with Gasteiger partial charge in [-0.2, -0.15) is 8.75 Å². The summed E-state index contributed by atoms with van der Waals surface area (Å²) in [7, 11) is 0. The highest BCUT2D eigenvalue weighted by molar-refractivity contribution is 7.00. The Morgan fingerprint density at radius 3 is 2.62 bits per heavy atom. The van der Waals surface area contributed by atoms with Crippen LogP contribution in [0.15, 0.2) is 30.3 Å². The number of hydrogen-bond donors (Lipinski definition) is 1. The van der Waals surface area contributed by atoms with E-state index >= 15 is 0 Å². The molecule has 0 aliphatic carbocycles. The van der Waals surface area contributed by atoms with Gasteiger partial charge in [-0.3, -0.25) is 0 Å². The molecule has 0 fully saturated rings. The molecule has 1 unspecified atom stereocenters. The summed E-state index contributed by atoms with van der Waals surface area (Å²) in [6.45, 7) is 1.86. The molecule has 3 aromatic rings. The van der Waals surface area contributed by atoms with Crippen LogP contribution in [0.3, 0.4) is 0 Å². The summed E-state index contributed by atoms with van der Waals surface area (Å²) in [5.74, 6) is -0.268. The molecule has 7 heteroatoms. The first kappa shape index (κ1) is 14.5. The van der Waals surface area contributed by atoms with Gasteiger partial charge in [0.2, 0.25) is 0 Å². The first-order valence-electron chi connectivity index (χ1n) is 6.19. The average Bonchev–Trinajstić information content (AvgIpc) is 2.93. The van der Waals surface area contributed by atoms with Gasteiger partial charge in [-0.15, -0.1) is 0 Å². The Hall–Kier alpha value is -1.43. The molecule has 21 heavy (non-hydrogen) atoms. The van der Waals surface area contributed by atoms with E-state index < -0.39 is 0 Å². The van der Waals surface area contributed by atoms with Crippen molar-refractivity contribution in [3.05, 3.63) is 51.8 Å². The third kappa shape index (κ3) is 2.69. The molecule has 3 nitrogen and oxygen atoms in total. The molecule has 0 radical (unpaired) electrons. The monoisotopic (exact) mass is 341 g/mol. The maximum atomic E-state index is 13.8. The lowest BCUT2D eigenvalue weighted by Gasteiger charge is -2.17. The number of fused-ring (bicyclic) bond motifs is 1. The predicted octanol–water partition coefficient (Wildman–Crippen LogP) is 5.31. The van der Waals surface area contributed by atoms with Crippen LogP contribution in [-0.4, -0.2) is 8.75 Å². The molecular formula is C14H10Cl2FN3S. The van der Waals surface area contributed by atoms with Crippen molar-refractivity contribution in [1.82, 2.24) is 8.75 Å². The van der Waals surface area contributed by atoms with Crippen LogP contribution in [0.25, 0.3) is 11.0 Å². The zero-order valence-corrected chi connectivity index (χ0v) is 13.2. The molecule has 1 atom stereocenters. The fraction of sp³-hybridized carbons (Fsp3) is 0.143. The largest absolute Gasteiger partial charge is 0.375 e. The Bertz CT molecular complexity index is 806. The molecule has 2 aromatic carbocycles. The molecule has 108 valence electrons. The topological polar surface area (TPSA) is 37.8 Å². The van der Waals surface area contributed by atoms with Crippen LogP contribution in [0.1, 0.15) is 18.5 Å². The summed E-state index contributed by atoms with van der Waals surface area (Å²) < 4.78 is 22.2. The van der Waals surface area contributed by atoms with E-state index in [-0.39, 0.29) is 11.9 Å². The van der Waals surface area contributed by atoms with Crippen molar-refractivity contribution in [2.24, 2.45) is 0 Å². The number of nitrogens with one attached hydrogen (secondary N) is 1. The molecule has 1 N–H and O–H groups in total. The number of benzene rings is 2. The minimum atomic E-state index is -0.269. The third-order valence-corrected chi connectivity index (χ3v) is 4.29. The lowest BCUT2D eigenvalue weighted by Crippen LogP contribution is -2.09. The number of halogens is 3. The summed E-state index contributed by atoms with van der Waals surface area (Å²) in [5.41, 5.74) is 2.36. The van der Waals surface area contributed by atoms with E-state index in [0.29, 0.717) is 32.3 Å². The summed E-state index contributed by atoms with van der Waals surface area (Å²) in [4.78, 5) is 0. The van der Waals surface area contributed by atoms with Crippen LogP contribution in [-0.2, 0) is 0 Å². The van der Waals surface area contributed by atoms with Crippen LogP contribution in [0, 0.1) is 5.82 Å². The molecule has 3 rings (SSSR count). The standard InChI is InChI=1S/C14H10Cl2FN3S/c1-7(8-4-2-3-5-11(8)17)18-12-9(15)6-10(16)13-14(12)20-21-19-13/h2-7,18H,1H3. The number of aromatic nitrogens is 2. The normalized spacial score (nSPS) is 12.6. The summed E-state index contributed by atoms with van der Waals surface area (Å²) in [6.07, 6.45) is 0. The zero-order valence-electron chi connectivity index (χ0n) is 10.9. The van der Waals surface area contributed by atoms with Crippen LogP contribution in [0.4, 0.5) is 10.1 Å². The van der Waals surface area contributed by atoms with Crippen LogP contribution < -0.4 is 5.32 Å². The van der Waals surface area contributed by atoms with Gasteiger partial charge in [-0.25, -0.2) is 4.39 Å². The van der Waals surface area contributed by atoms with Crippen molar-refractivity contribution in [2.75, 3.05) is 5.32 Å². The number of nitrogens with zero attached hydrogens (tertiary/aromatic N) is 2. The van der Waals surface area contributed by atoms with Crippen molar-refractivity contribution < 1.29 is 4.39 Å². The van der Waals surface area contributed by atoms with Crippen molar-refractivity contribution in [3.63, 3.8) is 0 Å². The van der Waals surface area contributed by atoms with Gasteiger partial charge in [-0.1, -0.05) is 41.4 Å². The van der Waals surface area contributed by atoms with Gasteiger partial charge < -0.3 is 5.32 Å². The van der Waals surface area contributed by atoms with Gasteiger partial charge in [0.25, 0.3) is 0 Å². The highest BCUT2D eigenvalue weighted by atomic mass is 35.5. The Morgan fingerprint density at radius 1 is 1.14 bits per heavy atom. The molecule has 0 saturated heterocycles. The second-order valence-electron chi connectivity index (χ2n) is 4.56. The maximum absolute atomic E-state index is 13.8.